The van der Waals surface area contributed by atoms with Crippen molar-refractivity contribution in [3.8, 4) is 0 Å². The van der Waals surface area contributed by atoms with Crippen LogP contribution in [-0.2, 0) is 6.42 Å². The summed E-state index contributed by atoms with van der Waals surface area (Å²) in [4.78, 5) is 0. The van der Waals surface area contributed by atoms with E-state index in [4.69, 9.17) is 17.3 Å². The van der Waals surface area contributed by atoms with Gasteiger partial charge in [0.25, 0.3) is 0 Å². The fraction of sp³-hybridized carbons (Fsp3) is 0.200. The van der Waals surface area contributed by atoms with Crippen LogP contribution in [0.3, 0.4) is 0 Å². The Hall–Kier alpha value is -0.640. The molecule has 0 saturated carbocycles. The molecule has 0 heterocycles. The predicted octanol–water partition coefficient (Wildman–Crippen LogP) is 3.26. The lowest BCUT2D eigenvalue weighted by Crippen LogP contribution is -2.05. The Morgan fingerprint density at radius 3 is 2.60 bits per heavy atom. The van der Waals surface area contributed by atoms with Crippen molar-refractivity contribution in [1.82, 2.24) is 0 Å². The number of halogens is 4. The van der Waals surface area contributed by atoms with Gasteiger partial charge in [0.2, 0.25) is 0 Å². The van der Waals surface area contributed by atoms with Crippen molar-refractivity contribution < 1.29 is 8.78 Å². The second-order valence-corrected chi connectivity index (χ2v) is 3.30. The van der Waals surface area contributed by atoms with E-state index in [2.05, 4.69) is 0 Å². The largest absolute Gasteiger partial charge is 0.327 e. The molecular formula is C10H11Cl2F2N. The maximum atomic E-state index is 12.8. The van der Waals surface area contributed by atoms with E-state index in [1.807, 2.05) is 0 Å². The lowest BCUT2D eigenvalue weighted by atomic mass is 10.1. The highest BCUT2D eigenvalue weighted by Gasteiger charge is 2.02. The van der Waals surface area contributed by atoms with Crippen molar-refractivity contribution in [3.63, 3.8) is 0 Å². The van der Waals surface area contributed by atoms with Gasteiger partial charge >= 0.3 is 0 Å². The molecule has 1 aromatic rings. The second kappa shape index (κ2) is 6.77. The summed E-state index contributed by atoms with van der Waals surface area (Å²) < 4.78 is 24.9. The van der Waals surface area contributed by atoms with Crippen LogP contribution in [0, 0.1) is 5.82 Å². The zero-order valence-electron chi connectivity index (χ0n) is 7.84. The Morgan fingerprint density at radius 1 is 1.47 bits per heavy atom. The molecule has 0 amide bonds. The first-order chi connectivity index (χ1) is 6.67. The molecule has 2 N–H and O–H groups in total. The standard InChI is InChI=1S/C10H10ClF2N.ClH/c11-9-4-7(1-2-10(9)13)3-8(5-12)6-14;/h1-2,4-5H,3,6,14H2;1H. The third-order valence-corrected chi connectivity index (χ3v) is 2.12. The average molecular weight is 254 g/mol. The number of benzene rings is 1. The molecule has 5 heteroatoms. The first kappa shape index (κ1) is 14.4. The van der Waals surface area contributed by atoms with Gasteiger partial charge in [-0.15, -0.1) is 12.4 Å². The molecule has 1 aromatic carbocycles. The van der Waals surface area contributed by atoms with Crippen molar-refractivity contribution in [2.24, 2.45) is 5.73 Å². The summed E-state index contributed by atoms with van der Waals surface area (Å²) in [5.41, 5.74) is 6.48. The summed E-state index contributed by atoms with van der Waals surface area (Å²) in [7, 11) is 0. The van der Waals surface area contributed by atoms with E-state index in [0.29, 0.717) is 18.3 Å². The Morgan fingerprint density at radius 2 is 2.13 bits per heavy atom. The summed E-state index contributed by atoms with van der Waals surface area (Å²) >= 11 is 5.56. The van der Waals surface area contributed by atoms with Gasteiger partial charge in [-0.2, -0.15) is 0 Å². The van der Waals surface area contributed by atoms with Gasteiger partial charge in [-0.25, -0.2) is 8.78 Å². The van der Waals surface area contributed by atoms with Crippen LogP contribution in [0.2, 0.25) is 5.02 Å². The zero-order valence-corrected chi connectivity index (χ0v) is 9.42. The summed E-state index contributed by atoms with van der Waals surface area (Å²) in [6, 6.07) is 4.28. The summed E-state index contributed by atoms with van der Waals surface area (Å²) in [5.74, 6) is -0.478. The van der Waals surface area contributed by atoms with Crippen molar-refractivity contribution in [2.75, 3.05) is 6.54 Å². The maximum Gasteiger partial charge on any atom is 0.141 e. The van der Waals surface area contributed by atoms with Crippen molar-refractivity contribution in [2.45, 2.75) is 6.42 Å². The van der Waals surface area contributed by atoms with E-state index in [1.54, 1.807) is 6.07 Å². The third-order valence-electron chi connectivity index (χ3n) is 1.83. The summed E-state index contributed by atoms with van der Waals surface area (Å²) in [6.07, 6.45) is 0.824. The number of hydrogen-bond acceptors (Lipinski definition) is 1. The van der Waals surface area contributed by atoms with E-state index in [0.717, 1.165) is 5.56 Å². The molecule has 0 aliphatic carbocycles. The van der Waals surface area contributed by atoms with E-state index >= 15 is 0 Å². The van der Waals surface area contributed by atoms with Crippen LogP contribution in [0.15, 0.2) is 30.1 Å². The SMILES string of the molecule is Cl.NCC(=CF)Cc1ccc(F)c(Cl)c1. The minimum atomic E-state index is -0.478. The zero-order chi connectivity index (χ0) is 10.6. The monoisotopic (exact) mass is 253 g/mol. The molecule has 0 atom stereocenters. The molecule has 84 valence electrons. The van der Waals surface area contributed by atoms with Gasteiger partial charge in [-0.05, 0) is 29.7 Å². The molecule has 0 aliphatic rings. The second-order valence-electron chi connectivity index (χ2n) is 2.90. The maximum absolute atomic E-state index is 12.8. The van der Waals surface area contributed by atoms with Gasteiger partial charge in [0.15, 0.2) is 0 Å². The molecule has 0 aliphatic heterocycles. The van der Waals surface area contributed by atoms with Crippen LogP contribution >= 0.6 is 24.0 Å². The molecule has 0 radical (unpaired) electrons. The molecule has 0 aromatic heterocycles. The van der Waals surface area contributed by atoms with Crippen LogP contribution < -0.4 is 5.73 Å². The predicted molar refractivity (Wildman–Crippen MR) is 60.6 cm³/mol. The van der Waals surface area contributed by atoms with Gasteiger partial charge in [-0.3, -0.25) is 0 Å². The minimum absolute atomic E-state index is 0. The smallest absolute Gasteiger partial charge is 0.141 e. The first-order valence-corrected chi connectivity index (χ1v) is 4.47. The Kier molecular flexibility index (Phi) is 6.48. The molecule has 1 nitrogen and oxygen atoms in total. The molecule has 0 unspecified atom stereocenters. The highest BCUT2D eigenvalue weighted by molar-refractivity contribution is 6.30. The fourth-order valence-corrected chi connectivity index (χ4v) is 1.27. The molecule has 15 heavy (non-hydrogen) atoms. The van der Waals surface area contributed by atoms with Gasteiger partial charge < -0.3 is 5.73 Å². The fourth-order valence-electron chi connectivity index (χ4n) is 1.07. The Labute approximate surface area is 98.3 Å². The van der Waals surface area contributed by atoms with Gasteiger partial charge in [0.05, 0.1) is 11.4 Å². The molecular weight excluding hydrogens is 243 g/mol. The van der Waals surface area contributed by atoms with Crippen LogP contribution in [0.4, 0.5) is 8.78 Å². The van der Waals surface area contributed by atoms with Crippen LogP contribution in [-0.4, -0.2) is 6.54 Å². The normalized spacial score (nSPS) is 11.1. The van der Waals surface area contributed by atoms with Crippen molar-refractivity contribution in [1.29, 1.82) is 0 Å². The highest BCUT2D eigenvalue weighted by Crippen LogP contribution is 2.17. The molecule has 1 rings (SSSR count). The van der Waals surface area contributed by atoms with Gasteiger partial charge in [0, 0.05) is 6.54 Å². The minimum Gasteiger partial charge on any atom is -0.327 e. The van der Waals surface area contributed by atoms with E-state index < -0.39 is 5.82 Å². The summed E-state index contributed by atoms with van der Waals surface area (Å²) in [5, 5.41) is 0.0396. The summed E-state index contributed by atoms with van der Waals surface area (Å²) in [6.45, 7) is 0.144. The number of nitrogens with two attached hydrogens (primary N) is 1. The van der Waals surface area contributed by atoms with E-state index in [9.17, 15) is 8.78 Å². The van der Waals surface area contributed by atoms with Gasteiger partial charge in [0.1, 0.15) is 5.82 Å². The molecule has 0 saturated heterocycles. The van der Waals surface area contributed by atoms with Crippen molar-refractivity contribution >= 4 is 24.0 Å². The average Bonchev–Trinajstić information content (AvgIpc) is 2.19. The quantitative estimate of drug-likeness (QED) is 0.880. The van der Waals surface area contributed by atoms with E-state index in [-0.39, 0.29) is 24.0 Å². The van der Waals surface area contributed by atoms with Crippen molar-refractivity contribution in [3.05, 3.63) is 46.5 Å². The Bertz CT molecular complexity index is 353. The molecule has 0 bridgehead atoms. The van der Waals surface area contributed by atoms with Crippen LogP contribution in [0.1, 0.15) is 5.56 Å². The first-order valence-electron chi connectivity index (χ1n) is 4.09. The topological polar surface area (TPSA) is 26.0 Å². The third kappa shape index (κ3) is 4.16. The molecule has 0 fully saturated rings. The Balaban J connectivity index is 0.00000196. The van der Waals surface area contributed by atoms with Crippen LogP contribution in [0.5, 0.6) is 0 Å². The van der Waals surface area contributed by atoms with Crippen LogP contribution in [0.25, 0.3) is 0 Å². The number of hydrogen-bond donors (Lipinski definition) is 1. The highest BCUT2D eigenvalue weighted by atomic mass is 35.5. The lowest BCUT2D eigenvalue weighted by Gasteiger charge is -2.03. The number of rotatable bonds is 3. The van der Waals surface area contributed by atoms with E-state index in [1.165, 1.54) is 12.1 Å². The lowest BCUT2D eigenvalue weighted by molar-refractivity contribution is 0.627. The van der Waals surface area contributed by atoms with Gasteiger partial charge in [-0.1, -0.05) is 17.7 Å². The molecule has 0 spiro atoms.